The van der Waals surface area contributed by atoms with Crippen molar-refractivity contribution in [1.29, 1.82) is 0 Å². The molecule has 27 heavy (non-hydrogen) atoms. The number of nitrogens with zero attached hydrogens (tertiary/aromatic N) is 3. The molecule has 0 aliphatic carbocycles. The number of carbonyl (C=O) groups excluding carboxylic acids is 2. The van der Waals surface area contributed by atoms with Crippen molar-refractivity contribution in [3.63, 3.8) is 0 Å². The van der Waals surface area contributed by atoms with E-state index in [2.05, 4.69) is 26.0 Å². The van der Waals surface area contributed by atoms with Crippen molar-refractivity contribution in [3.8, 4) is 0 Å². The van der Waals surface area contributed by atoms with Crippen LogP contribution < -0.4 is 10.6 Å². The summed E-state index contributed by atoms with van der Waals surface area (Å²) in [4.78, 5) is 24.4. The molecule has 142 valence electrons. The Morgan fingerprint density at radius 3 is 2.33 bits per heavy atom. The van der Waals surface area contributed by atoms with Gasteiger partial charge in [-0.25, -0.2) is 0 Å². The zero-order valence-electron chi connectivity index (χ0n) is 16.0. The normalized spacial score (nSPS) is 12.3. The molecule has 0 aliphatic heterocycles. The lowest BCUT2D eigenvalue weighted by Crippen LogP contribution is -2.14. The molecule has 0 aliphatic rings. The lowest BCUT2D eigenvalue weighted by atomic mass is 9.93. The Balaban J connectivity index is 2.03. The lowest BCUT2D eigenvalue weighted by molar-refractivity contribution is -0.112. The zero-order chi connectivity index (χ0) is 20.0. The molecule has 2 N–H and O–H groups in total. The number of allylic oxidation sites excluding steroid dienone is 1. The van der Waals surface area contributed by atoms with Gasteiger partial charge in [0.1, 0.15) is 11.5 Å². The first-order chi connectivity index (χ1) is 12.7. The number of aromatic nitrogens is 1. The maximum Gasteiger partial charge on any atom is 0.275 e. The second kappa shape index (κ2) is 8.39. The summed E-state index contributed by atoms with van der Waals surface area (Å²) in [6, 6.07) is 8.17. The predicted octanol–water partition coefficient (Wildman–Crippen LogP) is 4.15. The molecule has 0 radical (unpaired) electrons. The van der Waals surface area contributed by atoms with Gasteiger partial charge in [0.25, 0.3) is 11.8 Å². The minimum Gasteiger partial charge on any atom is -0.359 e. The van der Waals surface area contributed by atoms with Gasteiger partial charge in [-0.05, 0) is 31.2 Å². The second-order valence-electron chi connectivity index (χ2n) is 6.79. The number of anilines is 2. The fourth-order valence-corrected chi connectivity index (χ4v) is 2.12. The van der Waals surface area contributed by atoms with Gasteiger partial charge >= 0.3 is 0 Å². The van der Waals surface area contributed by atoms with Gasteiger partial charge < -0.3 is 15.2 Å². The topological polar surface area (TPSA) is 109 Å². The van der Waals surface area contributed by atoms with E-state index < -0.39 is 0 Å². The molecule has 0 spiro atoms. The summed E-state index contributed by atoms with van der Waals surface area (Å²) in [7, 11) is 1.49. The molecule has 2 aromatic rings. The number of rotatable bonds is 5. The molecule has 8 nitrogen and oxygen atoms in total. The third-order valence-electron chi connectivity index (χ3n) is 3.61. The van der Waals surface area contributed by atoms with E-state index in [9.17, 15) is 9.59 Å². The van der Waals surface area contributed by atoms with Crippen LogP contribution in [0.4, 0.5) is 11.5 Å². The minimum absolute atomic E-state index is 0.195. The zero-order valence-corrected chi connectivity index (χ0v) is 16.0. The first-order valence-corrected chi connectivity index (χ1v) is 8.40. The Morgan fingerprint density at radius 2 is 1.81 bits per heavy atom. The Bertz CT molecular complexity index is 873. The van der Waals surface area contributed by atoms with E-state index >= 15 is 0 Å². The van der Waals surface area contributed by atoms with E-state index in [1.807, 2.05) is 20.8 Å². The maximum atomic E-state index is 12.3. The van der Waals surface area contributed by atoms with Crippen LogP contribution in [0.5, 0.6) is 0 Å². The quantitative estimate of drug-likeness (QED) is 0.609. The van der Waals surface area contributed by atoms with Gasteiger partial charge in [0.15, 0.2) is 5.82 Å². The van der Waals surface area contributed by atoms with Crippen LogP contribution in [-0.2, 0) is 10.2 Å². The highest BCUT2D eigenvalue weighted by atomic mass is 16.5. The number of carbonyl (C=O) groups is 2. The molecule has 0 atom stereocenters. The van der Waals surface area contributed by atoms with Crippen molar-refractivity contribution in [2.45, 2.75) is 33.1 Å². The first kappa shape index (κ1) is 20.0. The van der Waals surface area contributed by atoms with Crippen molar-refractivity contribution >= 4 is 23.3 Å². The fourth-order valence-electron chi connectivity index (χ4n) is 2.12. The smallest absolute Gasteiger partial charge is 0.275 e. The van der Waals surface area contributed by atoms with Gasteiger partial charge in [-0.3, -0.25) is 9.59 Å². The highest BCUT2D eigenvalue weighted by Crippen LogP contribution is 2.24. The molecule has 0 saturated carbocycles. The number of benzene rings is 1. The van der Waals surface area contributed by atoms with E-state index in [4.69, 9.17) is 4.52 Å². The van der Waals surface area contributed by atoms with E-state index in [1.54, 1.807) is 43.3 Å². The molecule has 0 unspecified atom stereocenters. The molecule has 1 aromatic carbocycles. The number of hydrogen-bond acceptors (Lipinski definition) is 6. The van der Waals surface area contributed by atoms with Crippen molar-refractivity contribution in [1.82, 2.24) is 5.16 Å². The van der Waals surface area contributed by atoms with E-state index in [-0.39, 0.29) is 22.9 Å². The Hall–Kier alpha value is -3.29. The van der Waals surface area contributed by atoms with E-state index in [0.29, 0.717) is 22.8 Å². The molecule has 0 fully saturated rings. The number of nitrogens with one attached hydrogen (secondary N) is 2. The van der Waals surface area contributed by atoms with Gasteiger partial charge in [0, 0.05) is 29.8 Å². The largest absolute Gasteiger partial charge is 0.359 e. The average molecular weight is 369 g/mol. The van der Waals surface area contributed by atoms with E-state index in [0.717, 1.165) is 0 Å². The number of amides is 2. The van der Waals surface area contributed by atoms with Crippen LogP contribution in [-0.4, -0.2) is 24.0 Å². The monoisotopic (exact) mass is 369 g/mol. The first-order valence-electron chi connectivity index (χ1n) is 8.40. The molecule has 2 rings (SSSR count). The molecule has 1 aromatic heterocycles. The number of hydrogen-bond donors (Lipinski definition) is 2. The van der Waals surface area contributed by atoms with Crippen LogP contribution in [0.3, 0.4) is 0 Å². The van der Waals surface area contributed by atoms with Crippen molar-refractivity contribution in [2.24, 2.45) is 10.2 Å². The van der Waals surface area contributed by atoms with Crippen LogP contribution >= 0.6 is 0 Å². The van der Waals surface area contributed by atoms with Crippen molar-refractivity contribution in [3.05, 3.63) is 53.4 Å². The molecule has 2 amide bonds. The van der Waals surface area contributed by atoms with Crippen LogP contribution in [0, 0.1) is 0 Å². The van der Waals surface area contributed by atoms with Crippen LogP contribution in [0.25, 0.3) is 0 Å². The standard InChI is InChI=1S/C19H23N5O3/c1-6-14(23-20-5)18(26)21-13-9-7-12(8-10-13)17(25)22-16-11-15(27-24-16)19(2,3)4/h6-11H,1-5H3,(H,21,26)(H,22,24,25)/b14-6-,23-20?. The predicted molar refractivity (Wildman–Crippen MR) is 103 cm³/mol. The Kier molecular flexibility index (Phi) is 6.23. The van der Waals surface area contributed by atoms with E-state index in [1.165, 1.54) is 7.05 Å². The molecular formula is C19H23N5O3. The molecule has 8 heteroatoms. The van der Waals surface area contributed by atoms with Crippen molar-refractivity contribution < 1.29 is 14.1 Å². The van der Waals surface area contributed by atoms with Gasteiger partial charge in [-0.2, -0.15) is 10.2 Å². The third-order valence-corrected chi connectivity index (χ3v) is 3.61. The second-order valence-corrected chi connectivity index (χ2v) is 6.79. The van der Waals surface area contributed by atoms with Gasteiger partial charge in [-0.1, -0.05) is 32.0 Å². The SMILES string of the molecule is C/C=C(\N=NC)C(=O)Nc1ccc(C(=O)Nc2cc(C(C)(C)C)on2)cc1. The van der Waals surface area contributed by atoms with Crippen LogP contribution in [0.1, 0.15) is 43.8 Å². The molecule has 1 heterocycles. The Labute approximate surface area is 157 Å². The minimum atomic E-state index is -0.377. The summed E-state index contributed by atoms with van der Waals surface area (Å²) in [5, 5.41) is 16.6. The summed E-state index contributed by atoms with van der Waals surface area (Å²) in [5.74, 6) is 0.331. The molecule has 0 saturated heterocycles. The summed E-state index contributed by atoms with van der Waals surface area (Å²) >= 11 is 0. The summed E-state index contributed by atoms with van der Waals surface area (Å²) in [5.41, 5.74) is 0.977. The lowest BCUT2D eigenvalue weighted by Gasteiger charge is -2.12. The third kappa shape index (κ3) is 5.34. The molecule has 0 bridgehead atoms. The van der Waals surface area contributed by atoms with Gasteiger partial charge in [0.2, 0.25) is 0 Å². The maximum absolute atomic E-state index is 12.3. The summed E-state index contributed by atoms with van der Waals surface area (Å²) in [6.07, 6.45) is 1.56. The average Bonchev–Trinajstić information content (AvgIpc) is 3.09. The summed E-state index contributed by atoms with van der Waals surface area (Å²) < 4.78 is 5.25. The van der Waals surface area contributed by atoms with Crippen LogP contribution in [0.15, 0.2) is 56.9 Å². The van der Waals surface area contributed by atoms with Gasteiger partial charge in [-0.15, -0.1) is 0 Å². The fraction of sp³-hybridized carbons (Fsp3) is 0.316. The molecular weight excluding hydrogens is 346 g/mol. The summed E-state index contributed by atoms with van der Waals surface area (Å²) in [6.45, 7) is 7.68. The Morgan fingerprint density at radius 1 is 1.15 bits per heavy atom. The van der Waals surface area contributed by atoms with Gasteiger partial charge in [0.05, 0.1) is 0 Å². The van der Waals surface area contributed by atoms with Crippen molar-refractivity contribution in [2.75, 3.05) is 17.7 Å². The highest BCUT2D eigenvalue weighted by molar-refractivity contribution is 6.05. The van der Waals surface area contributed by atoms with Crippen LogP contribution in [0.2, 0.25) is 0 Å². The number of azo groups is 1. The highest BCUT2D eigenvalue weighted by Gasteiger charge is 2.20.